The van der Waals surface area contributed by atoms with Gasteiger partial charge in [-0.2, -0.15) is 0 Å². The standard InChI is InChI=1S/C18H24N2O3S2/c1-14-5-7-16(8-6-14)25(21,22)19-15(2)18(17-4-3-13-24-17)20-9-11-23-12-10-20/h3-8,13,15,18-19H,9-12H2,1-2H3/p+1/t15-,18+/m1/s1. The smallest absolute Gasteiger partial charge is 0.241 e. The minimum Gasteiger partial charge on any atom is -0.370 e. The Balaban J connectivity index is 1.82. The first kappa shape index (κ1) is 18.5. The van der Waals surface area contributed by atoms with E-state index in [2.05, 4.69) is 10.8 Å². The van der Waals surface area contributed by atoms with Crippen LogP contribution in [-0.2, 0) is 14.8 Å². The molecule has 0 unspecified atom stereocenters. The van der Waals surface area contributed by atoms with Gasteiger partial charge in [0.05, 0.1) is 29.0 Å². The molecule has 2 heterocycles. The third kappa shape index (κ3) is 4.48. The van der Waals surface area contributed by atoms with Gasteiger partial charge in [0.2, 0.25) is 10.0 Å². The van der Waals surface area contributed by atoms with Crippen LogP contribution in [0.2, 0.25) is 0 Å². The Morgan fingerprint density at radius 1 is 1.16 bits per heavy atom. The van der Waals surface area contributed by atoms with Crippen LogP contribution >= 0.6 is 11.3 Å². The van der Waals surface area contributed by atoms with Crippen LogP contribution < -0.4 is 9.62 Å². The molecule has 0 bridgehead atoms. The maximum absolute atomic E-state index is 12.8. The zero-order valence-corrected chi connectivity index (χ0v) is 16.2. The lowest BCUT2D eigenvalue weighted by molar-refractivity contribution is -0.939. The Bertz CT molecular complexity index is 767. The summed E-state index contributed by atoms with van der Waals surface area (Å²) in [7, 11) is -3.54. The van der Waals surface area contributed by atoms with Crippen molar-refractivity contribution in [1.82, 2.24) is 4.72 Å². The molecular formula is C18H25N2O3S2+. The quantitative estimate of drug-likeness (QED) is 0.795. The molecule has 1 saturated heterocycles. The number of nitrogens with one attached hydrogen (secondary N) is 2. The van der Waals surface area contributed by atoms with Gasteiger partial charge in [-0.15, -0.1) is 11.3 Å². The van der Waals surface area contributed by atoms with Crippen LogP contribution in [0.25, 0.3) is 0 Å². The van der Waals surface area contributed by atoms with Gasteiger partial charge in [-0.1, -0.05) is 23.8 Å². The van der Waals surface area contributed by atoms with Gasteiger partial charge in [0.1, 0.15) is 19.1 Å². The minimum atomic E-state index is -3.54. The van der Waals surface area contributed by atoms with E-state index < -0.39 is 10.0 Å². The zero-order valence-electron chi connectivity index (χ0n) is 14.6. The van der Waals surface area contributed by atoms with E-state index in [1.165, 1.54) is 9.78 Å². The molecule has 0 saturated carbocycles. The van der Waals surface area contributed by atoms with Gasteiger partial charge in [0, 0.05) is 0 Å². The average Bonchev–Trinajstić information content (AvgIpc) is 3.10. The van der Waals surface area contributed by atoms with Crippen molar-refractivity contribution in [3.8, 4) is 0 Å². The summed E-state index contributed by atoms with van der Waals surface area (Å²) in [5, 5.41) is 2.05. The Morgan fingerprint density at radius 2 is 1.84 bits per heavy atom. The Morgan fingerprint density at radius 3 is 2.44 bits per heavy atom. The molecule has 2 aromatic rings. The molecule has 0 radical (unpaired) electrons. The number of quaternary nitrogens is 1. The van der Waals surface area contributed by atoms with Gasteiger partial charge in [-0.05, 0) is 37.4 Å². The predicted octanol–water partition coefficient (Wildman–Crippen LogP) is 1.38. The molecule has 0 spiro atoms. The number of ether oxygens (including phenoxy) is 1. The lowest BCUT2D eigenvalue weighted by Crippen LogP contribution is -3.15. The van der Waals surface area contributed by atoms with E-state index in [0.29, 0.717) is 18.1 Å². The third-order valence-corrected chi connectivity index (χ3v) is 7.13. The van der Waals surface area contributed by atoms with Crippen molar-refractivity contribution in [2.24, 2.45) is 0 Å². The minimum absolute atomic E-state index is 0.0872. The SMILES string of the molecule is Cc1ccc(S(=O)(=O)N[C@H](C)[C@@H](c2cccs2)[NH+]2CCOCC2)cc1. The molecule has 1 aromatic heterocycles. The number of sulfonamides is 1. The lowest BCUT2D eigenvalue weighted by Gasteiger charge is -2.34. The second-order valence-electron chi connectivity index (χ2n) is 6.49. The molecule has 25 heavy (non-hydrogen) atoms. The van der Waals surface area contributed by atoms with Gasteiger partial charge in [-0.25, -0.2) is 13.1 Å². The first-order valence-corrected chi connectivity index (χ1v) is 10.9. The molecule has 2 N–H and O–H groups in total. The highest BCUT2D eigenvalue weighted by Gasteiger charge is 2.34. The fourth-order valence-corrected chi connectivity index (χ4v) is 5.56. The van der Waals surface area contributed by atoms with Crippen LogP contribution in [0.15, 0.2) is 46.7 Å². The van der Waals surface area contributed by atoms with E-state index in [1.807, 2.05) is 37.4 Å². The summed E-state index contributed by atoms with van der Waals surface area (Å²) in [6.45, 7) is 7.11. The van der Waals surface area contributed by atoms with Crippen molar-refractivity contribution < 1.29 is 18.1 Å². The fourth-order valence-electron chi connectivity index (χ4n) is 3.31. The highest BCUT2D eigenvalue weighted by molar-refractivity contribution is 7.89. The number of aryl methyl sites for hydroxylation is 1. The van der Waals surface area contributed by atoms with Crippen molar-refractivity contribution in [1.29, 1.82) is 0 Å². The van der Waals surface area contributed by atoms with Gasteiger partial charge in [0.15, 0.2) is 0 Å². The molecule has 3 rings (SSSR count). The van der Waals surface area contributed by atoms with Gasteiger partial charge >= 0.3 is 0 Å². The van der Waals surface area contributed by atoms with E-state index in [9.17, 15) is 8.42 Å². The summed E-state index contributed by atoms with van der Waals surface area (Å²) >= 11 is 1.68. The molecule has 5 nitrogen and oxygen atoms in total. The second-order valence-corrected chi connectivity index (χ2v) is 9.18. The largest absolute Gasteiger partial charge is 0.370 e. The van der Waals surface area contributed by atoms with E-state index in [1.54, 1.807) is 23.5 Å². The summed E-state index contributed by atoms with van der Waals surface area (Å²) < 4.78 is 33.9. The molecule has 0 aliphatic carbocycles. The first-order valence-electron chi connectivity index (χ1n) is 8.52. The molecule has 1 aromatic carbocycles. The van der Waals surface area contributed by atoms with Crippen LogP contribution in [0.5, 0.6) is 0 Å². The normalized spacial score (nSPS) is 18.8. The highest BCUT2D eigenvalue weighted by Crippen LogP contribution is 2.21. The first-order chi connectivity index (χ1) is 12.0. The maximum Gasteiger partial charge on any atom is 0.241 e. The van der Waals surface area contributed by atoms with Gasteiger partial charge in [0.25, 0.3) is 0 Å². The summed E-state index contributed by atoms with van der Waals surface area (Å²) in [5.41, 5.74) is 1.04. The van der Waals surface area contributed by atoms with Gasteiger partial charge < -0.3 is 9.64 Å². The molecular weight excluding hydrogens is 356 g/mol. The molecule has 136 valence electrons. The fraction of sp³-hybridized carbons (Fsp3) is 0.444. The van der Waals surface area contributed by atoms with E-state index in [-0.39, 0.29) is 12.1 Å². The average molecular weight is 382 g/mol. The summed E-state index contributed by atoms with van der Waals surface area (Å²) in [5.74, 6) is 0. The topological polar surface area (TPSA) is 59.8 Å². The van der Waals surface area contributed by atoms with Crippen molar-refractivity contribution in [2.75, 3.05) is 26.3 Å². The summed E-state index contributed by atoms with van der Waals surface area (Å²) in [4.78, 5) is 2.88. The number of benzene rings is 1. The van der Waals surface area contributed by atoms with Gasteiger partial charge in [-0.3, -0.25) is 0 Å². The van der Waals surface area contributed by atoms with E-state index >= 15 is 0 Å². The number of hydrogen-bond donors (Lipinski definition) is 2. The van der Waals surface area contributed by atoms with Crippen molar-refractivity contribution in [3.05, 3.63) is 52.2 Å². The van der Waals surface area contributed by atoms with Crippen molar-refractivity contribution in [3.63, 3.8) is 0 Å². The van der Waals surface area contributed by atoms with Crippen LogP contribution in [0.1, 0.15) is 23.4 Å². The second kappa shape index (κ2) is 7.97. The summed E-state index contributed by atoms with van der Waals surface area (Å²) in [6, 6.07) is 11.0. The molecule has 1 fully saturated rings. The van der Waals surface area contributed by atoms with E-state index in [4.69, 9.17) is 4.74 Å². The highest BCUT2D eigenvalue weighted by atomic mass is 32.2. The molecule has 0 amide bonds. The van der Waals surface area contributed by atoms with Crippen LogP contribution in [0.3, 0.4) is 0 Å². The number of rotatable bonds is 6. The Hall–Kier alpha value is -1.25. The Labute approximate surface area is 153 Å². The van der Waals surface area contributed by atoms with E-state index in [0.717, 1.165) is 18.7 Å². The van der Waals surface area contributed by atoms with Crippen molar-refractivity contribution in [2.45, 2.75) is 30.8 Å². The Kier molecular flexibility index (Phi) is 5.91. The van der Waals surface area contributed by atoms with Crippen molar-refractivity contribution >= 4 is 21.4 Å². The predicted molar refractivity (Wildman–Crippen MR) is 99.5 cm³/mol. The van der Waals surface area contributed by atoms with Crippen LogP contribution in [0, 0.1) is 6.92 Å². The molecule has 1 aliphatic rings. The zero-order chi connectivity index (χ0) is 17.9. The number of hydrogen-bond acceptors (Lipinski definition) is 4. The number of morpholine rings is 1. The molecule has 1 aliphatic heterocycles. The van der Waals surface area contributed by atoms with Crippen LogP contribution in [0.4, 0.5) is 0 Å². The monoisotopic (exact) mass is 381 g/mol. The summed E-state index contributed by atoms with van der Waals surface area (Å²) in [6.07, 6.45) is 0. The lowest BCUT2D eigenvalue weighted by atomic mass is 10.1. The molecule has 7 heteroatoms. The van der Waals surface area contributed by atoms with Crippen LogP contribution in [-0.4, -0.2) is 40.8 Å². The number of thiophene rings is 1. The third-order valence-electron chi connectivity index (χ3n) is 4.60. The maximum atomic E-state index is 12.8. The molecule has 2 atom stereocenters.